The fourth-order valence-electron chi connectivity index (χ4n) is 2.51. The van der Waals surface area contributed by atoms with Crippen molar-refractivity contribution in [3.05, 3.63) is 95.1 Å². The van der Waals surface area contributed by atoms with E-state index in [-0.39, 0.29) is 0 Å². The highest BCUT2D eigenvalue weighted by atomic mass is 14.9. The summed E-state index contributed by atoms with van der Waals surface area (Å²) in [6, 6.07) is 27.5. The van der Waals surface area contributed by atoms with Gasteiger partial charge in [0.25, 0.3) is 0 Å². The highest BCUT2D eigenvalue weighted by Crippen LogP contribution is 2.13. The van der Waals surface area contributed by atoms with Crippen LogP contribution in [0.1, 0.15) is 36.1 Å². The van der Waals surface area contributed by atoms with Gasteiger partial charge in [-0.1, -0.05) is 38.1 Å². The Kier molecular flexibility index (Phi) is 8.12. The number of hydrogen-bond donors (Lipinski definition) is 2. The number of rotatable bonds is 6. The average Bonchev–Trinajstić information content (AvgIpc) is 2.79. The van der Waals surface area contributed by atoms with Gasteiger partial charge in [0, 0.05) is 24.5 Å². The first kappa shape index (κ1) is 20.6. The lowest BCUT2D eigenvalue weighted by atomic mass is 10.1. The minimum atomic E-state index is 0.662. The lowest BCUT2D eigenvalue weighted by Crippen LogP contribution is -2.01. The third kappa shape index (κ3) is 6.20. The Hall–Kier alpha value is -3.76. The second-order valence-electron chi connectivity index (χ2n) is 5.90. The van der Waals surface area contributed by atoms with Crippen LogP contribution in [0.4, 0.5) is 11.4 Å². The van der Waals surface area contributed by atoms with E-state index in [2.05, 4.69) is 47.0 Å². The van der Waals surface area contributed by atoms with Crippen LogP contribution in [0, 0.1) is 22.7 Å². The number of anilines is 2. The van der Waals surface area contributed by atoms with Gasteiger partial charge in [0.15, 0.2) is 0 Å². The molecule has 0 spiro atoms. The number of benzene rings is 3. The molecule has 0 unspecified atom stereocenters. The Labute approximate surface area is 167 Å². The van der Waals surface area contributed by atoms with E-state index in [1.165, 1.54) is 11.1 Å². The molecule has 4 nitrogen and oxygen atoms in total. The predicted molar refractivity (Wildman–Crippen MR) is 115 cm³/mol. The molecule has 3 rings (SSSR count). The zero-order chi connectivity index (χ0) is 20.2. The SMILES string of the molecule is CC.N#Cc1ccc(NCc2ccc(CNc3ccc(C#N)cc3)cc2)cc1. The first-order valence-electron chi connectivity index (χ1n) is 9.33. The third-order valence-electron chi connectivity index (χ3n) is 4.04. The minimum Gasteiger partial charge on any atom is -0.381 e. The lowest BCUT2D eigenvalue weighted by Gasteiger charge is -2.09. The van der Waals surface area contributed by atoms with E-state index in [0.717, 1.165) is 24.5 Å². The maximum atomic E-state index is 8.81. The molecule has 4 heteroatoms. The van der Waals surface area contributed by atoms with Crippen molar-refractivity contribution in [2.45, 2.75) is 26.9 Å². The number of nitrogens with zero attached hydrogens (tertiary/aromatic N) is 2. The van der Waals surface area contributed by atoms with Crippen molar-refractivity contribution in [2.75, 3.05) is 10.6 Å². The van der Waals surface area contributed by atoms with Crippen LogP contribution in [0.2, 0.25) is 0 Å². The lowest BCUT2D eigenvalue weighted by molar-refractivity contribution is 1.11. The first-order chi connectivity index (χ1) is 13.8. The van der Waals surface area contributed by atoms with Gasteiger partial charge in [-0.15, -0.1) is 0 Å². The van der Waals surface area contributed by atoms with E-state index in [0.29, 0.717) is 11.1 Å². The Morgan fingerprint density at radius 3 is 1.18 bits per heavy atom. The van der Waals surface area contributed by atoms with Crippen LogP contribution in [-0.2, 0) is 13.1 Å². The molecular formula is C24H24N4. The molecule has 0 atom stereocenters. The summed E-state index contributed by atoms with van der Waals surface area (Å²) >= 11 is 0. The number of nitriles is 2. The van der Waals surface area contributed by atoms with E-state index in [9.17, 15) is 0 Å². The molecule has 0 amide bonds. The van der Waals surface area contributed by atoms with Crippen LogP contribution in [0.15, 0.2) is 72.8 Å². The summed E-state index contributed by atoms with van der Waals surface area (Å²) in [7, 11) is 0. The summed E-state index contributed by atoms with van der Waals surface area (Å²) in [4.78, 5) is 0. The average molecular weight is 368 g/mol. The maximum absolute atomic E-state index is 8.81. The van der Waals surface area contributed by atoms with Crippen LogP contribution in [0.3, 0.4) is 0 Å². The Bertz CT molecular complexity index is 848. The van der Waals surface area contributed by atoms with Gasteiger partial charge in [0.1, 0.15) is 0 Å². The summed E-state index contributed by atoms with van der Waals surface area (Å²) in [5.74, 6) is 0. The molecule has 0 bridgehead atoms. The van der Waals surface area contributed by atoms with Crippen molar-refractivity contribution in [2.24, 2.45) is 0 Å². The van der Waals surface area contributed by atoms with Gasteiger partial charge < -0.3 is 10.6 Å². The number of nitrogens with one attached hydrogen (secondary N) is 2. The highest BCUT2D eigenvalue weighted by Gasteiger charge is 1.98. The van der Waals surface area contributed by atoms with Crippen molar-refractivity contribution >= 4 is 11.4 Å². The molecule has 2 N–H and O–H groups in total. The minimum absolute atomic E-state index is 0.662. The topological polar surface area (TPSA) is 71.6 Å². The smallest absolute Gasteiger partial charge is 0.0991 e. The molecule has 0 saturated heterocycles. The van der Waals surface area contributed by atoms with Crippen molar-refractivity contribution in [1.29, 1.82) is 10.5 Å². The first-order valence-corrected chi connectivity index (χ1v) is 9.33. The zero-order valence-corrected chi connectivity index (χ0v) is 16.2. The van der Waals surface area contributed by atoms with Gasteiger partial charge in [-0.2, -0.15) is 10.5 Å². The summed E-state index contributed by atoms with van der Waals surface area (Å²) < 4.78 is 0. The molecular weight excluding hydrogens is 344 g/mol. The second kappa shape index (κ2) is 11.1. The van der Waals surface area contributed by atoms with Gasteiger partial charge >= 0.3 is 0 Å². The van der Waals surface area contributed by atoms with E-state index >= 15 is 0 Å². The quantitative estimate of drug-likeness (QED) is 0.587. The molecule has 0 aliphatic rings. The van der Waals surface area contributed by atoms with Gasteiger partial charge in [0.05, 0.1) is 23.3 Å². The van der Waals surface area contributed by atoms with E-state index in [1.54, 1.807) is 24.3 Å². The normalized spacial score (nSPS) is 9.29. The summed E-state index contributed by atoms with van der Waals surface area (Å²) in [5, 5.41) is 24.3. The molecule has 3 aromatic carbocycles. The molecule has 3 aromatic rings. The van der Waals surface area contributed by atoms with E-state index < -0.39 is 0 Å². The van der Waals surface area contributed by atoms with Crippen LogP contribution in [0.25, 0.3) is 0 Å². The highest BCUT2D eigenvalue weighted by molar-refractivity contribution is 5.49. The number of hydrogen-bond acceptors (Lipinski definition) is 4. The van der Waals surface area contributed by atoms with Crippen LogP contribution in [0.5, 0.6) is 0 Å². The molecule has 0 aliphatic heterocycles. The van der Waals surface area contributed by atoms with Gasteiger partial charge in [0.2, 0.25) is 0 Å². The molecule has 140 valence electrons. The monoisotopic (exact) mass is 368 g/mol. The van der Waals surface area contributed by atoms with Gasteiger partial charge in [-0.25, -0.2) is 0 Å². The molecule has 0 aliphatic carbocycles. The van der Waals surface area contributed by atoms with E-state index in [1.807, 2.05) is 38.1 Å². The third-order valence-corrected chi connectivity index (χ3v) is 4.04. The van der Waals surface area contributed by atoms with Crippen molar-refractivity contribution in [3.63, 3.8) is 0 Å². The van der Waals surface area contributed by atoms with Crippen molar-refractivity contribution in [3.8, 4) is 12.1 Å². The van der Waals surface area contributed by atoms with Crippen LogP contribution < -0.4 is 10.6 Å². The van der Waals surface area contributed by atoms with Crippen molar-refractivity contribution in [1.82, 2.24) is 0 Å². The molecule has 0 fully saturated rings. The second-order valence-corrected chi connectivity index (χ2v) is 5.90. The Morgan fingerprint density at radius 2 is 0.893 bits per heavy atom. The molecule has 0 saturated carbocycles. The molecule has 0 heterocycles. The standard InChI is InChI=1S/C22H18N4.C2H6/c23-13-17-5-9-21(10-6-17)25-15-19-1-2-20(4-3-19)16-26-22-11-7-18(14-24)8-12-22;1-2/h1-12,25-26H,15-16H2;1-2H3. The Balaban J connectivity index is 0.00000136. The maximum Gasteiger partial charge on any atom is 0.0991 e. The molecule has 28 heavy (non-hydrogen) atoms. The molecule has 0 aromatic heterocycles. The van der Waals surface area contributed by atoms with Crippen LogP contribution in [-0.4, -0.2) is 0 Å². The zero-order valence-electron chi connectivity index (χ0n) is 16.2. The summed E-state index contributed by atoms with van der Waals surface area (Å²) in [6.07, 6.45) is 0. The fourth-order valence-corrected chi connectivity index (χ4v) is 2.51. The summed E-state index contributed by atoms with van der Waals surface area (Å²) in [6.45, 7) is 5.46. The van der Waals surface area contributed by atoms with Gasteiger partial charge in [-0.3, -0.25) is 0 Å². The largest absolute Gasteiger partial charge is 0.381 e. The molecule has 0 radical (unpaired) electrons. The predicted octanol–water partition coefficient (Wildman–Crippen LogP) is 5.68. The van der Waals surface area contributed by atoms with Crippen LogP contribution >= 0.6 is 0 Å². The summed E-state index contributed by atoms with van der Waals surface area (Å²) in [5.41, 5.74) is 5.70. The van der Waals surface area contributed by atoms with Crippen molar-refractivity contribution < 1.29 is 0 Å². The fraction of sp³-hybridized carbons (Fsp3) is 0.167. The van der Waals surface area contributed by atoms with E-state index in [4.69, 9.17) is 10.5 Å². The van der Waals surface area contributed by atoms with Gasteiger partial charge in [-0.05, 0) is 59.7 Å². The Morgan fingerprint density at radius 1 is 0.571 bits per heavy atom.